The normalized spacial score (nSPS) is 12.9. The van der Waals surface area contributed by atoms with Crippen LogP contribution in [0.2, 0.25) is 0 Å². The zero-order chi connectivity index (χ0) is 17.9. The van der Waals surface area contributed by atoms with Gasteiger partial charge in [-0.2, -0.15) is 0 Å². The van der Waals surface area contributed by atoms with Crippen LogP contribution in [0.3, 0.4) is 0 Å². The molecule has 1 aliphatic rings. The largest absolute Gasteiger partial charge is 0.454 e. The van der Waals surface area contributed by atoms with Gasteiger partial charge in [0.05, 0.1) is 0 Å². The van der Waals surface area contributed by atoms with Gasteiger partial charge in [-0.1, -0.05) is 57.2 Å². The van der Waals surface area contributed by atoms with E-state index in [1.54, 1.807) is 0 Å². The van der Waals surface area contributed by atoms with Crippen LogP contribution in [0.4, 0.5) is 0 Å². The zero-order valence-corrected chi connectivity index (χ0v) is 15.1. The van der Waals surface area contributed by atoms with Gasteiger partial charge in [-0.3, -0.25) is 4.79 Å². The van der Waals surface area contributed by atoms with Gasteiger partial charge in [-0.25, -0.2) is 0 Å². The summed E-state index contributed by atoms with van der Waals surface area (Å²) in [5.74, 6) is 1.67. The highest BCUT2D eigenvalue weighted by Gasteiger charge is 2.22. The second kappa shape index (κ2) is 7.18. The number of benzene rings is 2. The van der Waals surface area contributed by atoms with E-state index in [4.69, 9.17) is 9.47 Å². The van der Waals surface area contributed by atoms with E-state index >= 15 is 0 Å². The minimum atomic E-state index is -0.0408. The van der Waals surface area contributed by atoms with Crippen molar-refractivity contribution in [1.82, 2.24) is 4.90 Å². The molecule has 0 radical (unpaired) electrons. The SMILES string of the molecule is CC(C)(C)CC(=O)N(Cc1ccccc1)Cc1ccc2c(c1)OCO2. The molecule has 4 nitrogen and oxygen atoms in total. The lowest BCUT2D eigenvalue weighted by molar-refractivity contribution is -0.134. The molecule has 1 aliphatic heterocycles. The van der Waals surface area contributed by atoms with Crippen LogP contribution in [0.25, 0.3) is 0 Å². The summed E-state index contributed by atoms with van der Waals surface area (Å²) in [6.45, 7) is 7.69. The van der Waals surface area contributed by atoms with Gasteiger partial charge in [-0.05, 0) is 28.7 Å². The fraction of sp³-hybridized carbons (Fsp3) is 0.381. The van der Waals surface area contributed by atoms with Gasteiger partial charge in [0.15, 0.2) is 11.5 Å². The number of rotatable bonds is 5. The van der Waals surface area contributed by atoms with Crippen molar-refractivity contribution in [3.05, 3.63) is 59.7 Å². The van der Waals surface area contributed by atoms with Crippen LogP contribution < -0.4 is 9.47 Å². The highest BCUT2D eigenvalue weighted by molar-refractivity contribution is 5.76. The van der Waals surface area contributed by atoms with Crippen molar-refractivity contribution < 1.29 is 14.3 Å². The molecule has 4 heteroatoms. The van der Waals surface area contributed by atoms with E-state index in [1.807, 2.05) is 41.3 Å². The second-order valence-electron chi connectivity index (χ2n) is 7.66. The fourth-order valence-corrected chi connectivity index (χ4v) is 2.86. The predicted octanol–water partition coefficient (Wildman–Crippen LogP) is 4.38. The molecule has 0 unspecified atom stereocenters. The smallest absolute Gasteiger partial charge is 0.231 e. The molecule has 1 amide bonds. The van der Waals surface area contributed by atoms with Gasteiger partial charge in [0.25, 0.3) is 0 Å². The van der Waals surface area contributed by atoms with E-state index in [2.05, 4.69) is 32.9 Å². The number of carbonyl (C=O) groups excluding carboxylic acids is 1. The highest BCUT2D eigenvalue weighted by Crippen LogP contribution is 2.33. The van der Waals surface area contributed by atoms with Gasteiger partial charge in [0.1, 0.15) is 0 Å². The Kier molecular flexibility index (Phi) is 4.98. The number of nitrogens with zero attached hydrogens (tertiary/aromatic N) is 1. The van der Waals surface area contributed by atoms with Crippen LogP contribution in [0.1, 0.15) is 38.3 Å². The Morgan fingerprint density at radius 3 is 2.36 bits per heavy atom. The topological polar surface area (TPSA) is 38.8 Å². The molecule has 0 bridgehead atoms. The molecule has 0 aromatic heterocycles. The maximum atomic E-state index is 12.9. The first-order valence-electron chi connectivity index (χ1n) is 8.61. The maximum Gasteiger partial charge on any atom is 0.231 e. The number of hydrogen-bond donors (Lipinski definition) is 0. The molecule has 0 saturated carbocycles. The molecule has 132 valence electrons. The lowest BCUT2D eigenvalue weighted by atomic mass is 9.91. The summed E-state index contributed by atoms with van der Waals surface area (Å²) in [6.07, 6.45) is 0.518. The summed E-state index contributed by atoms with van der Waals surface area (Å²) < 4.78 is 10.8. The minimum Gasteiger partial charge on any atom is -0.454 e. The van der Waals surface area contributed by atoms with Crippen molar-refractivity contribution >= 4 is 5.91 Å². The molecule has 1 heterocycles. The van der Waals surface area contributed by atoms with Crippen molar-refractivity contribution in [3.63, 3.8) is 0 Å². The van der Waals surface area contributed by atoms with Gasteiger partial charge < -0.3 is 14.4 Å². The molecule has 0 aliphatic carbocycles. The van der Waals surface area contributed by atoms with E-state index in [0.717, 1.165) is 22.6 Å². The molecule has 25 heavy (non-hydrogen) atoms. The second-order valence-corrected chi connectivity index (χ2v) is 7.66. The number of hydrogen-bond acceptors (Lipinski definition) is 3. The van der Waals surface area contributed by atoms with Crippen molar-refractivity contribution in [2.24, 2.45) is 5.41 Å². The van der Waals surface area contributed by atoms with E-state index in [9.17, 15) is 4.79 Å². The van der Waals surface area contributed by atoms with Crippen LogP contribution >= 0.6 is 0 Å². The molecule has 2 aromatic carbocycles. The first-order chi connectivity index (χ1) is 11.9. The van der Waals surface area contributed by atoms with E-state index in [0.29, 0.717) is 19.5 Å². The molecule has 0 atom stereocenters. The van der Waals surface area contributed by atoms with Crippen molar-refractivity contribution in [2.45, 2.75) is 40.3 Å². The monoisotopic (exact) mass is 339 g/mol. The Labute approximate surface area is 149 Å². The summed E-state index contributed by atoms with van der Waals surface area (Å²) >= 11 is 0. The molecule has 0 fully saturated rings. The summed E-state index contributed by atoms with van der Waals surface area (Å²) in [4.78, 5) is 14.8. The summed E-state index contributed by atoms with van der Waals surface area (Å²) in [6, 6.07) is 16.0. The van der Waals surface area contributed by atoms with Crippen molar-refractivity contribution in [2.75, 3.05) is 6.79 Å². The Bertz CT molecular complexity index is 735. The minimum absolute atomic E-state index is 0.0408. The molecule has 0 spiro atoms. The quantitative estimate of drug-likeness (QED) is 0.811. The van der Waals surface area contributed by atoms with Gasteiger partial charge in [0.2, 0.25) is 12.7 Å². The number of amides is 1. The molecular weight excluding hydrogens is 314 g/mol. The third-order valence-corrected chi connectivity index (χ3v) is 4.06. The van der Waals surface area contributed by atoms with Gasteiger partial charge in [-0.15, -0.1) is 0 Å². The Morgan fingerprint density at radius 2 is 1.64 bits per heavy atom. The Morgan fingerprint density at radius 1 is 0.960 bits per heavy atom. The van der Waals surface area contributed by atoms with Crippen LogP contribution in [0, 0.1) is 5.41 Å². The molecular formula is C21H25NO3. The Balaban J connectivity index is 1.79. The standard InChI is InChI=1S/C21H25NO3/c1-21(2,3)12-20(23)22(13-16-7-5-4-6-8-16)14-17-9-10-18-19(11-17)25-15-24-18/h4-11H,12-15H2,1-3H3. The van der Waals surface area contributed by atoms with Crippen LogP contribution in [-0.4, -0.2) is 17.6 Å². The van der Waals surface area contributed by atoms with Crippen molar-refractivity contribution in [1.29, 1.82) is 0 Å². The lowest BCUT2D eigenvalue weighted by Gasteiger charge is -2.27. The third kappa shape index (κ3) is 4.75. The summed E-state index contributed by atoms with van der Waals surface area (Å²) in [7, 11) is 0. The van der Waals surface area contributed by atoms with Gasteiger partial charge in [0, 0.05) is 19.5 Å². The van der Waals surface area contributed by atoms with Gasteiger partial charge >= 0.3 is 0 Å². The number of fused-ring (bicyclic) bond motifs is 1. The van der Waals surface area contributed by atoms with E-state index < -0.39 is 0 Å². The predicted molar refractivity (Wildman–Crippen MR) is 97.3 cm³/mol. The lowest BCUT2D eigenvalue weighted by Crippen LogP contribution is -2.32. The first-order valence-corrected chi connectivity index (χ1v) is 8.61. The third-order valence-electron chi connectivity index (χ3n) is 4.06. The van der Waals surface area contributed by atoms with Crippen LogP contribution in [0.15, 0.2) is 48.5 Å². The highest BCUT2D eigenvalue weighted by atomic mass is 16.7. The molecule has 0 N–H and O–H groups in total. The molecule has 3 rings (SSSR count). The molecule has 0 saturated heterocycles. The fourth-order valence-electron chi connectivity index (χ4n) is 2.86. The summed E-state index contributed by atoms with van der Waals surface area (Å²) in [5.41, 5.74) is 2.13. The average Bonchev–Trinajstić information content (AvgIpc) is 3.01. The van der Waals surface area contributed by atoms with E-state index in [-0.39, 0.29) is 18.1 Å². The number of ether oxygens (including phenoxy) is 2. The zero-order valence-electron chi connectivity index (χ0n) is 15.1. The summed E-state index contributed by atoms with van der Waals surface area (Å²) in [5, 5.41) is 0. The molecule has 2 aromatic rings. The maximum absolute atomic E-state index is 12.9. The average molecular weight is 339 g/mol. The Hall–Kier alpha value is -2.49. The first kappa shape index (κ1) is 17.3. The number of carbonyl (C=O) groups is 1. The van der Waals surface area contributed by atoms with Crippen LogP contribution in [0.5, 0.6) is 11.5 Å². The van der Waals surface area contributed by atoms with Crippen LogP contribution in [-0.2, 0) is 17.9 Å². The van der Waals surface area contributed by atoms with E-state index in [1.165, 1.54) is 0 Å². The van der Waals surface area contributed by atoms with Crippen molar-refractivity contribution in [3.8, 4) is 11.5 Å².